The Kier molecular flexibility index (Phi) is 6.21. The van der Waals surface area contributed by atoms with Gasteiger partial charge in [0.05, 0.1) is 6.61 Å². The van der Waals surface area contributed by atoms with E-state index in [9.17, 15) is 14.4 Å². The third-order valence-electron chi connectivity index (χ3n) is 2.30. The lowest BCUT2D eigenvalue weighted by molar-refractivity contribution is -0.137. The summed E-state index contributed by atoms with van der Waals surface area (Å²) in [6.45, 7) is 3.91. The van der Waals surface area contributed by atoms with E-state index in [2.05, 4.69) is 10.5 Å². The summed E-state index contributed by atoms with van der Waals surface area (Å²) in [5, 5.41) is 6.08. The van der Waals surface area contributed by atoms with Crippen LogP contribution in [0, 0.1) is 0 Å². The van der Waals surface area contributed by atoms with Crippen molar-refractivity contribution in [1.29, 1.82) is 0 Å². The molecular weight excluding hydrogens is 266 g/mol. The molecule has 1 aliphatic rings. The topological polar surface area (TPSA) is 97.3 Å². The quantitative estimate of drug-likeness (QED) is 0.291. The van der Waals surface area contributed by atoms with E-state index >= 15 is 0 Å². The van der Waals surface area contributed by atoms with Crippen LogP contribution in [-0.4, -0.2) is 54.8 Å². The number of amides is 3. The molecule has 1 heterocycles. The lowest BCUT2D eigenvalue weighted by Gasteiger charge is -2.13. The van der Waals surface area contributed by atoms with Crippen molar-refractivity contribution >= 4 is 23.6 Å². The van der Waals surface area contributed by atoms with Gasteiger partial charge < -0.3 is 14.9 Å². The Hall–Kier alpha value is -2.38. The normalized spacial score (nSPS) is 14.7. The van der Waals surface area contributed by atoms with Gasteiger partial charge in [-0.05, 0) is 6.92 Å². The summed E-state index contributed by atoms with van der Waals surface area (Å²) in [7, 11) is 0. The van der Waals surface area contributed by atoms with Crippen molar-refractivity contribution in [3.05, 3.63) is 12.2 Å². The second-order valence-electron chi connectivity index (χ2n) is 3.83. The number of oxime groups is 1. The highest BCUT2D eigenvalue weighted by Gasteiger charge is 2.22. The van der Waals surface area contributed by atoms with Gasteiger partial charge in [0, 0.05) is 32.2 Å². The number of hydrogen-bond acceptors (Lipinski definition) is 6. The minimum Gasteiger partial charge on any atom is -0.479 e. The third kappa shape index (κ3) is 5.09. The molecule has 0 saturated carbocycles. The van der Waals surface area contributed by atoms with Crippen LogP contribution in [0.15, 0.2) is 17.3 Å². The second kappa shape index (κ2) is 7.93. The van der Waals surface area contributed by atoms with E-state index in [1.165, 1.54) is 12.2 Å². The summed E-state index contributed by atoms with van der Waals surface area (Å²) in [6.07, 6.45) is 2.39. The van der Waals surface area contributed by atoms with Crippen LogP contribution < -0.4 is 5.32 Å². The van der Waals surface area contributed by atoms with Gasteiger partial charge in [0.1, 0.15) is 0 Å². The van der Waals surface area contributed by atoms with Crippen LogP contribution >= 0.6 is 0 Å². The van der Waals surface area contributed by atoms with Gasteiger partial charge in [0.25, 0.3) is 17.7 Å². The lowest BCUT2D eigenvalue weighted by Crippen LogP contribution is -2.39. The van der Waals surface area contributed by atoms with E-state index in [1.807, 2.05) is 6.92 Å². The van der Waals surface area contributed by atoms with Crippen molar-refractivity contribution < 1.29 is 24.0 Å². The van der Waals surface area contributed by atoms with Gasteiger partial charge in [-0.3, -0.25) is 19.3 Å². The summed E-state index contributed by atoms with van der Waals surface area (Å²) in [5.41, 5.74) is 0. The molecule has 0 bridgehead atoms. The van der Waals surface area contributed by atoms with Crippen molar-refractivity contribution in [3.8, 4) is 0 Å². The Bertz CT molecular complexity index is 426. The predicted octanol–water partition coefficient (Wildman–Crippen LogP) is -0.586. The minimum atomic E-state index is -0.398. The molecule has 0 fully saturated rings. The molecule has 1 rings (SSSR count). The summed E-state index contributed by atoms with van der Waals surface area (Å²) in [5.74, 6) is -0.820. The van der Waals surface area contributed by atoms with Crippen LogP contribution in [0.5, 0.6) is 0 Å². The molecule has 0 aliphatic carbocycles. The van der Waals surface area contributed by atoms with E-state index in [4.69, 9.17) is 9.57 Å². The first-order chi connectivity index (χ1) is 9.54. The van der Waals surface area contributed by atoms with Gasteiger partial charge in [0.2, 0.25) is 5.90 Å². The highest BCUT2D eigenvalue weighted by atomic mass is 16.6. The van der Waals surface area contributed by atoms with E-state index in [0.717, 1.165) is 4.90 Å². The van der Waals surface area contributed by atoms with Crippen molar-refractivity contribution in [3.63, 3.8) is 0 Å². The Morgan fingerprint density at radius 3 is 2.60 bits per heavy atom. The maximum Gasteiger partial charge on any atom is 0.260 e. The fourth-order valence-corrected chi connectivity index (χ4v) is 1.43. The fourth-order valence-electron chi connectivity index (χ4n) is 1.43. The smallest absolute Gasteiger partial charge is 0.260 e. The summed E-state index contributed by atoms with van der Waals surface area (Å²) >= 11 is 0. The number of nitrogens with one attached hydrogen (secondary N) is 1. The molecule has 3 amide bonds. The molecule has 0 aromatic heterocycles. The SMILES string of the molecule is CCO/C(C)=N/OCC(=O)NCCN1C(=O)C=CC1=O. The van der Waals surface area contributed by atoms with Crippen molar-refractivity contribution in [2.24, 2.45) is 5.16 Å². The first-order valence-corrected chi connectivity index (χ1v) is 6.14. The van der Waals surface area contributed by atoms with Crippen LogP contribution in [0.2, 0.25) is 0 Å². The molecule has 0 saturated heterocycles. The molecule has 0 unspecified atom stereocenters. The standard InChI is InChI=1S/C12H17N3O5/c1-3-19-9(2)14-20-8-10(16)13-6-7-15-11(17)4-5-12(15)18/h4-5H,3,6-8H2,1-2H3,(H,13,16)/b14-9+. The van der Waals surface area contributed by atoms with Crippen LogP contribution in [0.1, 0.15) is 13.8 Å². The highest BCUT2D eigenvalue weighted by Crippen LogP contribution is 2.01. The number of hydrogen-bond donors (Lipinski definition) is 1. The van der Waals surface area contributed by atoms with Gasteiger partial charge in [0.15, 0.2) is 6.61 Å². The third-order valence-corrected chi connectivity index (χ3v) is 2.30. The van der Waals surface area contributed by atoms with E-state index < -0.39 is 5.91 Å². The Morgan fingerprint density at radius 2 is 2.00 bits per heavy atom. The molecule has 20 heavy (non-hydrogen) atoms. The molecule has 0 spiro atoms. The number of nitrogens with zero attached hydrogens (tertiary/aromatic N) is 2. The maximum atomic E-state index is 11.4. The maximum absolute atomic E-state index is 11.4. The monoisotopic (exact) mass is 283 g/mol. The number of ether oxygens (including phenoxy) is 1. The zero-order chi connectivity index (χ0) is 15.0. The molecule has 8 nitrogen and oxygen atoms in total. The Balaban J connectivity index is 2.16. The number of carbonyl (C=O) groups is 3. The molecule has 0 atom stereocenters. The van der Waals surface area contributed by atoms with Crippen LogP contribution in [0.25, 0.3) is 0 Å². The number of carbonyl (C=O) groups excluding carboxylic acids is 3. The van der Waals surface area contributed by atoms with Crippen LogP contribution in [0.4, 0.5) is 0 Å². The van der Waals surface area contributed by atoms with Gasteiger partial charge >= 0.3 is 0 Å². The molecular formula is C12H17N3O5. The van der Waals surface area contributed by atoms with E-state index in [1.54, 1.807) is 6.92 Å². The fraction of sp³-hybridized carbons (Fsp3) is 0.500. The van der Waals surface area contributed by atoms with Crippen LogP contribution in [0.3, 0.4) is 0 Å². The predicted molar refractivity (Wildman–Crippen MR) is 69.6 cm³/mol. The lowest BCUT2D eigenvalue weighted by atomic mass is 10.5. The first kappa shape index (κ1) is 15.7. The molecule has 8 heteroatoms. The van der Waals surface area contributed by atoms with Crippen molar-refractivity contribution in [2.45, 2.75) is 13.8 Å². The minimum absolute atomic E-state index is 0.123. The number of rotatable bonds is 7. The largest absolute Gasteiger partial charge is 0.479 e. The van der Waals surface area contributed by atoms with Gasteiger partial charge in [-0.25, -0.2) is 0 Å². The summed E-state index contributed by atoms with van der Waals surface area (Å²) in [6, 6.07) is 0. The average molecular weight is 283 g/mol. The molecule has 0 radical (unpaired) electrons. The summed E-state index contributed by atoms with van der Waals surface area (Å²) in [4.78, 5) is 39.6. The van der Waals surface area contributed by atoms with E-state index in [0.29, 0.717) is 12.5 Å². The highest BCUT2D eigenvalue weighted by molar-refractivity contribution is 6.12. The molecule has 1 aliphatic heterocycles. The molecule has 0 aromatic rings. The molecule has 110 valence electrons. The van der Waals surface area contributed by atoms with Crippen LogP contribution in [-0.2, 0) is 24.0 Å². The first-order valence-electron chi connectivity index (χ1n) is 6.14. The van der Waals surface area contributed by atoms with Crippen molar-refractivity contribution in [2.75, 3.05) is 26.3 Å². The number of imide groups is 1. The molecule has 0 aromatic carbocycles. The zero-order valence-electron chi connectivity index (χ0n) is 11.4. The summed E-state index contributed by atoms with van der Waals surface area (Å²) < 4.78 is 5.00. The molecule has 1 N–H and O–H groups in total. The Labute approximate surface area is 116 Å². The van der Waals surface area contributed by atoms with Crippen molar-refractivity contribution in [1.82, 2.24) is 10.2 Å². The average Bonchev–Trinajstić information content (AvgIpc) is 2.70. The Morgan fingerprint density at radius 1 is 1.35 bits per heavy atom. The van der Waals surface area contributed by atoms with E-state index in [-0.39, 0.29) is 31.5 Å². The van der Waals surface area contributed by atoms with Gasteiger partial charge in [-0.1, -0.05) is 5.16 Å². The van der Waals surface area contributed by atoms with Gasteiger partial charge in [-0.15, -0.1) is 0 Å². The second-order valence-corrected chi connectivity index (χ2v) is 3.83. The van der Waals surface area contributed by atoms with Gasteiger partial charge in [-0.2, -0.15) is 0 Å². The zero-order valence-corrected chi connectivity index (χ0v) is 11.4.